The van der Waals surface area contributed by atoms with Crippen LogP contribution in [0, 0.1) is 5.82 Å². The Bertz CT molecular complexity index is 1010. The van der Waals surface area contributed by atoms with Gasteiger partial charge in [0.2, 0.25) is 5.91 Å². The number of ether oxygens (including phenoxy) is 1. The fourth-order valence-corrected chi connectivity index (χ4v) is 4.20. The minimum absolute atomic E-state index is 0.00536. The molecule has 3 aromatic rings. The maximum atomic E-state index is 14.0. The van der Waals surface area contributed by atoms with Crippen LogP contribution in [-0.2, 0) is 4.79 Å². The molecule has 6 nitrogen and oxygen atoms in total. The van der Waals surface area contributed by atoms with Crippen LogP contribution in [0.2, 0.25) is 0 Å². The Morgan fingerprint density at radius 2 is 1.77 bits per heavy atom. The topological polar surface area (TPSA) is 60.3 Å². The molecule has 0 saturated heterocycles. The number of hydrogen-bond donors (Lipinski definition) is 0. The number of aromatic nitrogens is 3. The molecule has 1 atom stereocenters. The van der Waals surface area contributed by atoms with Crippen LogP contribution < -0.4 is 9.64 Å². The predicted molar refractivity (Wildman–Crippen MR) is 121 cm³/mol. The highest BCUT2D eigenvalue weighted by atomic mass is 32.2. The number of halogens is 1. The molecule has 2 aromatic carbocycles. The van der Waals surface area contributed by atoms with Crippen LogP contribution in [0.1, 0.15) is 45.7 Å². The van der Waals surface area contributed by atoms with Gasteiger partial charge in [0.1, 0.15) is 0 Å². The van der Waals surface area contributed by atoms with Gasteiger partial charge in [-0.15, -0.1) is 10.2 Å². The second-order valence-electron chi connectivity index (χ2n) is 7.26. The van der Waals surface area contributed by atoms with Gasteiger partial charge in [-0.05, 0) is 52.0 Å². The van der Waals surface area contributed by atoms with Crippen LogP contribution in [0.25, 0.3) is 0 Å². The molecule has 0 aliphatic carbocycles. The first-order valence-electron chi connectivity index (χ1n) is 10.3. The summed E-state index contributed by atoms with van der Waals surface area (Å²) in [6.45, 7) is 8.36. The van der Waals surface area contributed by atoms with Crippen molar-refractivity contribution >= 4 is 23.4 Å². The molecule has 164 valence electrons. The lowest BCUT2D eigenvalue weighted by Crippen LogP contribution is -2.32. The van der Waals surface area contributed by atoms with Crippen LogP contribution >= 0.6 is 11.8 Å². The van der Waals surface area contributed by atoms with E-state index in [2.05, 4.69) is 10.2 Å². The number of thioether (sulfide) groups is 1. The van der Waals surface area contributed by atoms with Crippen molar-refractivity contribution in [2.24, 2.45) is 0 Å². The summed E-state index contributed by atoms with van der Waals surface area (Å²) >= 11 is 1.34. The third kappa shape index (κ3) is 5.44. The minimum atomic E-state index is -0.506. The largest absolute Gasteiger partial charge is 0.480 e. The first kappa shape index (κ1) is 22.8. The lowest BCUT2D eigenvalue weighted by molar-refractivity contribution is -0.116. The highest BCUT2D eigenvalue weighted by Crippen LogP contribution is 2.29. The van der Waals surface area contributed by atoms with E-state index in [1.807, 2.05) is 62.6 Å². The monoisotopic (exact) mass is 442 g/mol. The summed E-state index contributed by atoms with van der Waals surface area (Å²) in [5, 5.41) is 9.20. The molecule has 0 spiro atoms. The van der Waals surface area contributed by atoms with E-state index >= 15 is 0 Å². The zero-order valence-corrected chi connectivity index (χ0v) is 19.0. The van der Waals surface area contributed by atoms with Crippen molar-refractivity contribution in [3.8, 4) is 5.75 Å². The number of amides is 1. The molecule has 8 heteroatoms. The van der Waals surface area contributed by atoms with Crippen LogP contribution in [0.5, 0.6) is 5.75 Å². The summed E-state index contributed by atoms with van der Waals surface area (Å²) in [7, 11) is 0. The van der Waals surface area contributed by atoms with Crippen LogP contribution in [0.4, 0.5) is 10.1 Å². The summed E-state index contributed by atoms with van der Waals surface area (Å²) in [5.41, 5.74) is 0.869. The first-order chi connectivity index (χ1) is 14.9. The Morgan fingerprint density at radius 1 is 1.10 bits per heavy atom. The minimum Gasteiger partial charge on any atom is -0.480 e. The summed E-state index contributed by atoms with van der Waals surface area (Å²) in [4.78, 5) is 14.6. The number of anilines is 1. The van der Waals surface area contributed by atoms with E-state index in [0.29, 0.717) is 17.5 Å². The summed E-state index contributed by atoms with van der Waals surface area (Å²) < 4.78 is 21.7. The Hall–Kier alpha value is -2.87. The molecule has 0 fully saturated rings. The molecule has 0 radical (unpaired) electrons. The van der Waals surface area contributed by atoms with E-state index in [1.165, 1.54) is 17.8 Å². The first-order valence-corrected chi connectivity index (χ1v) is 11.2. The number of rotatable bonds is 9. The Kier molecular flexibility index (Phi) is 7.68. The fourth-order valence-electron chi connectivity index (χ4n) is 3.25. The number of nitrogens with zero attached hydrogens (tertiary/aromatic N) is 4. The van der Waals surface area contributed by atoms with E-state index in [1.54, 1.807) is 23.1 Å². The molecule has 0 N–H and O–H groups in total. The lowest BCUT2D eigenvalue weighted by Gasteiger charge is -2.21. The van der Waals surface area contributed by atoms with Crippen molar-refractivity contribution in [1.29, 1.82) is 0 Å². The number of benzene rings is 2. The van der Waals surface area contributed by atoms with Crippen molar-refractivity contribution in [1.82, 2.24) is 14.8 Å². The number of carbonyl (C=O) groups excluding carboxylic acids is 1. The summed E-state index contributed by atoms with van der Waals surface area (Å²) in [6, 6.07) is 15.9. The fraction of sp³-hybridized carbons (Fsp3) is 0.348. The second-order valence-corrected chi connectivity index (χ2v) is 8.20. The molecule has 1 amide bonds. The molecule has 0 aliphatic rings. The maximum Gasteiger partial charge on any atom is 0.237 e. The zero-order valence-electron chi connectivity index (χ0n) is 18.2. The normalized spacial score (nSPS) is 12.1. The summed E-state index contributed by atoms with van der Waals surface area (Å²) in [6.07, 6.45) is -0.506. The molecule has 1 heterocycles. The van der Waals surface area contributed by atoms with Crippen molar-refractivity contribution in [3.63, 3.8) is 0 Å². The molecule has 1 unspecified atom stereocenters. The average Bonchev–Trinajstić information content (AvgIpc) is 3.20. The number of carbonyl (C=O) groups is 1. The van der Waals surface area contributed by atoms with Crippen molar-refractivity contribution in [2.45, 2.75) is 45.0 Å². The van der Waals surface area contributed by atoms with Gasteiger partial charge < -0.3 is 14.2 Å². The van der Waals surface area contributed by atoms with E-state index in [0.717, 1.165) is 5.69 Å². The molecule has 0 bridgehead atoms. The SMILES string of the molecule is CCN(C(=O)CSc1nnc(C(C)Oc2ccccc2F)n1C(C)C)c1ccccc1. The number of hydrogen-bond acceptors (Lipinski definition) is 5. The second kappa shape index (κ2) is 10.4. The van der Waals surface area contributed by atoms with Gasteiger partial charge in [-0.25, -0.2) is 4.39 Å². The summed E-state index contributed by atoms with van der Waals surface area (Å²) in [5.74, 6) is 0.554. The maximum absolute atomic E-state index is 14.0. The van der Waals surface area contributed by atoms with Crippen molar-refractivity contribution < 1.29 is 13.9 Å². The van der Waals surface area contributed by atoms with Gasteiger partial charge in [-0.2, -0.15) is 0 Å². The van der Waals surface area contributed by atoms with Crippen LogP contribution in [0.3, 0.4) is 0 Å². The van der Waals surface area contributed by atoms with E-state index in [9.17, 15) is 9.18 Å². The average molecular weight is 443 g/mol. The third-order valence-corrected chi connectivity index (χ3v) is 5.65. The molecule has 31 heavy (non-hydrogen) atoms. The van der Waals surface area contributed by atoms with E-state index < -0.39 is 11.9 Å². The molecule has 3 rings (SSSR count). The quantitative estimate of drug-likeness (QED) is 0.422. The highest BCUT2D eigenvalue weighted by Gasteiger charge is 2.23. The zero-order chi connectivity index (χ0) is 22.4. The van der Waals surface area contributed by atoms with Crippen molar-refractivity contribution in [3.05, 3.63) is 66.2 Å². The molecular formula is C23H27FN4O2S. The van der Waals surface area contributed by atoms with Gasteiger partial charge in [0.05, 0.1) is 5.75 Å². The van der Waals surface area contributed by atoms with E-state index in [-0.39, 0.29) is 23.5 Å². The highest BCUT2D eigenvalue weighted by molar-refractivity contribution is 7.99. The molecule has 1 aromatic heterocycles. The van der Waals surface area contributed by atoms with Crippen molar-refractivity contribution in [2.75, 3.05) is 17.2 Å². The lowest BCUT2D eigenvalue weighted by atomic mass is 10.3. The third-order valence-electron chi connectivity index (χ3n) is 4.72. The Balaban J connectivity index is 1.74. The van der Waals surface area contributed by atoms with Gasteiger partial charge in [0.25, 0.3) is 0 Å². The van der Waals surface area contributed by atoms with Gasteiger partial charge in [0.15, 0.2) is 28.7 Å². The van der Waals surface area contributed by atoms with Gasteiger partial charge >= 0.3 is 0 Å². The van der Waals surface area contributed by atoms with E-state index in [4.69, 9.17) is 4.74 Å². The van der Waals surface area contributed by atoms with Gasteiger partial charge in [-0.3, -0.25) is 4.79 Å². The van der Waals surface area contributed by atoms with Crippen LogP contribution in [-0.4, -0.2) is 33.0 Å². The number of para-hydroxylation sites is 2. The predicted octanol–water partition coefficient (Wildman–Crippen LogP) is 5.28. The molecular weight excluding hydrogens is 415 g/mol. The van der Waals surface area contributed by atoms with Gasteiger partial charge in [0, 0.05) is 18.3 Å². The smallest absolute Gasteiger partial charge is 0.237 e. The van der Waals surface area contributed by atoms with Crippen LogP contribution in [0.15, 0.2) is 59.8 Å². The Labute approximate surface area is 186 Å². The standard InChI is InChI=1S/C23H27FN4O2S/c1-5-27(18-11-7-6-8-12-18)21(29)15-31-23-26-25-22(28(23)16(2)3)17(4)30-20-14-10-9-13-19(20)24/h6-14,16-17H,5,15H2,1-4H3. The van der Waals surface area contributed by atoms with Gasteiger partial charge in [-0.1, -0.05) is 42.1 Å². The Morgan fingerprint density at radius 3 is 2.42 bits per heavy atom. The molecule has 0 saturated carbocycles. The molecule has 0 aliphatic heterocycles.